The molecule has 0 fully saturated rings. The molecule has 0 saturated heterocycles. The van der Waals surface area contributed by atoms with Crippen molar-refractivity contribution in [2.45, 2.75) is 17.6 Å². The van der Waals surface area contributed by atoms with E-state index >= 15 is 0 Å². The van der Waals surface area contributed by atoms with E-state index in [9.17, 15) is 4.21 Å². The molecule has 0 aliphatic carbocycles. The Morgan fingerprint density at radius 2 is 1.90 bits per heavy atom. The maximum absolute atomic E-state index is 12.5. The van der Waals surface area contributed by atoms with Gasteiger partial charge >= 0.3 is 0 Å². The molecule has 2 N–H and O–H groups in total. The summed E-state index contributed by atoms with van der Waals surface area (Å²) in [5, 5.41) is 1.09. The molecule has 1 aromatic heterocycles. The van der Waals surface area contributed by atoms with Crippen LogP contribution in [0.1, 0.15) is 11.3 Å². The Labute approximate surface area is 126 Å². The van der Waals surface area contributed by atoms with Crippen LogP contribution in [0.4, 0.5) is 5.69 Å². The Kier molecular flexibility index (Phi) is 3.71. The molecule has 0 amide bonds. The molecule has 1 unspecified atom stereocenters. The van der Waals surface area contributed by atoms with Crippen LogP contribution in [0.15, 0.2) is 59.5 Å². The highest BCUT2D eigenvalue weighted by Gasteiger charge is 2.10. The van der Waals surface area contributed by atoms with Gasteiger partial charge in [0, 0.05) is 16.0 Å². The number of nitrogens with zero attached hydrogens (tertiary/aromatic N) is 1. The minimum atomic E-state index is -1.14. The van der Waals surface area contributed by atoms with Crippen LogP contribution in [-0.4, -0.2) is 9.19 Å². The smallest absolute Gasteiger partial charge is 0.0706 e. The van der Waals surface area contributed by atoms with E-state index in [1.807, 2.05) is 55.5 Å². The Morgan fingerprint density at radius 3 is 2.76 bits per heavy atom. The van der Waals surface area contributed by atoms with Crippen molar-refractivity contribution in [1.29, 1.82) is 0 Å². The molecule has 0 saturated carbocycles. The monoisotopic (exact) mass is 296 g/mol. The van der Waals surface area contributed by atoms with Gasteiger partial charge in [0.1, 0.15) is 0 Å². The Morgan fingerprint density at radius 1 is 1.10 bits per heavy atom. The summed E-state index contributed by atoms with van der Waals surface area (Å²) in [6.07, 6.45) is 0. The molecule has 4 heteroatoms. The van der Waals surface area contributed by atoms with Crippen molar-refractivity contribution in [3.05, 3.63) is 65.9 Å². The number of rotatable bonds is 3. The summed E-state index contributed by atoms with van der Waals surface area (Å²) in [5.74, 6) is 0.398. The van der Waals surface area contributed by atoms with E-state index in [4.69, 9.17) is 5.73 Å². The maximum Gasteiger partial charge on any atom is 0.0706 e. The number of nitrogen functional groups attached to an aromatic ring is 1. The zero-order chi connectivity index (χ0) is 14.8. The van der Waals surface area contributed by atoms with Crippen molar-refractivity contribution in [2.75, 3.05) is 5.73 Å². The topological polar surface area (TPSA) is 56.0 Å². The highest BCUT2D eigenvalue weighted by molar-refractivity contribution is 7.84. The molecule has 0 spiro atoms. The number of para-hydroxylation sites is 1. The fourth-order valence-electron chi connectivity index (χ4n) is 2.26. The summed E-state index contributed by atoms with van der Waals surface area (Å²) < 4.78 is 12.5. The minimum Gasteiger partial charge on any atom is -0.399 e. The predicted octanol–water partition coefficient (Wildman–Crippen LogP) is 3.43. The van der Waals surface area contributed by atoms with Crippen LogP contribution in [0.2, 0.25) is 0 Å². The fourth-order valence-corrected chi connectivity index (χ4v) is 3.54. The van der Waals surface area contributed by atoms with Gasteiger partial charge < -0.3 is 5.73 Å². The molecular weight excluding hydrogens is 280 g/mol. The molecule has 106 valence electrons. The SMILES string of the molecule is Cc1ccc(N)cc1S(=O)Cc1ccc2ccccc2n1. The molecule has 2 aromatic carbocycles. The van der Waals surface area contributed by atoms with Gasteiger partial charge in [-0.05, 0) is 36.8 Å². The summed E-state index contributed by atoms with van der Waals surface area (Å²) in [4.78, 5) is 5.35. The van der Waals surface area contributed by atoms with E-state index in [1.54, 1.807) is 6.07 Å². The van der Waals surface area contributed by atoms with E-state index < -0.39 is 10.8 Å². The molecule has 0 aliphatic heterocycles. The fraction of sp³-hybridized carbons (Fsp3) is 0.118. The standard InChI is InChI=1S/C17H16N2OS/c1-12-6-8-14(18)10-17(12)21(20)11-15-9-7-13-4-2-3-5-16(13)19-15/h2-10H,11,18H2,1H3. The van der Waals surface area contributed by atoms with Gasteiger partial charge in [-0.1, -0.05) is 30.3 Å². The first-order chi connectivity index (χ1) is 10.1. The molecule has 3 nitrogen and oxygen atoms in total. The average Bonchev–Trinajstić information content (AvgIpc) is 2.49. The minimum absolute atomic E-state index is 0.398. The molecular formula is C17H16N2OS. The second-order valence-electron chi connectivity index (χ2n) is 5.01. The third-order valence-electron chi connectivity index (χ3n) is 3.39. The third kappa shape index (κ3) is 2.95. The molecule has 0 aliphatic rings. The van der Waals surface area contributed by atoms with Crippen LogP contribution in [0, 0.1) is 6.92 Å². The van der Waals surface area contributed by atoms with Gasteiger partial charge in [0.15, 0.2) is 0 Å². The largest absolute Gasteiger partial charge is 0.399 e. The summed E-state index contributed by atoms with van der Waals surface area (Å²) in [6, 6.07) is 17.4. The number of benzene rings is 2. The van der Waals surface area contributed by atoms with E-state index in [1.165, 1.54) is 0 Å². The van der Waals surface area contributed by atoms with Crippen LogP contribution in [0.3, 0.4) is 0 Å². The summed E-state index contributed by atoms with van der Waals surface area (Å²) in [7, 11) is -1.14. The first kappa shape index (κ1) is 13.8. The van der Waals surface area contributed by atoms with Crippen molar-refractivity contribution < 1.29 is 4.21 Å². The lowest BCUT2D eigenvalue weighted by Gasteiger charge is -2.07. The Bertz CT molecular complexity index is 830. The van der Waals surface area contributed by atoms with Crippen molar-refractivity contribution in [3.8, 4) is 0 Å². The number of pyridine rings is 1. The number of aryl methyl sites for hydroxylation is 1. The number of anilines is 1. The summed E-state index contributed by atoms with van der Waals surface area (Å²) in [5.41, 5.74) is 9.16. The lowest BCUT2D eigenvalue weighted by molar-refractivity contribution is 0.681. The highest BCUT2D eigenvalue weighted by atomic mass is 32.2. The Balaban J connectivity index is 1.90. The molecule has 3 rings (SSSR count). The van der Waals surface area contributed by atoms with Crippen molar-refractivity contribution in [1.82, 2.24) is 4.98 Å². The van der Waals surface area contributed by atoms with E-state index in [0.29, 0.717) is 11.4 Å². The summed E-state index contributed by atoms with van der Waals surface area (Å²) in [6.45, 7) is 1.94. The second-order valence-corrected chi connectivity index (χ2v) is 6.43. The normalized spacial score (nSPS) is 12.4. The first-order valence-corrected chi connectivity index (χ1v) is 8.04. The van der Waals surface area contributed by atoms with Gasteiger partial charge in [0.2, 0.25) is 0 Å². The number of hydrogen-bond donors (Lipinski definition) is 1. The Hall–Kier alpha value is -2.20. The molecule has 3 aromatic rings. The lowest BCUT2D eigenvalue weighted by atomic mass is 10.2. The number of aromatic nitrogens is 1. The molecule has 0 radical (unpaired) electrons. The average molecular weight is 296 g/mol. The second kappa shape index (κ2) is 5.66. The van der Waals surface area contributed by atoms with Gasteiger partial charge in [-0.3, -0.25) is 9.19 Å². The van der Waals surface area contributed by atoms with Crippen LogP contribution in [-0.2, 0) is 16.6 Å². The van der Waals surface area contributed by atoms with E-state index in [2.05, 4.69) is 4.98 Å². The number of hydrogen-bond acceptors (Lipinski definition) is 3. The highest BCUT2D eigenvalue weighted by Crippen LogP contribution is 2.20. The van der Waals surface area contributed by atoms with Gasteiger partial charge in [0.25, 0.3) is 0 Å². The molecule has 21 heavy (non-hydrogen) atoms. The number of nitrogens with two attached hydrogens (primary N) is 1. The van der Waals surface area contributed by atoms with E-state index in [0.717, 1.165) is 27.1 Å². The zero-order valence-corrected chi connectivity index (χ0v) is 12.6. The lowest BCUT2D eigenvalue weighted by Crippen LogP contribution is -2.02. The van der Waals surface area contributed by atoms with Crippen LogP contribution < -0.4 is 5.73 Å². The van der Waals surface area contributed by atoms with E-state index in [-0.39, 0.29) is 0 Å². The molecule has 1 atom stereocenters. The number of fused-ring (bicyclic) bond motifs is 1. The molecule has 1 heterocycles. The molecule has 0 bridgehead atoms. The van der Waals surface area contributed by atoms with Crippen LogP contribution in [0.5, 0.6) is 0 Å². The zero-order valence-electron chi connectivity index (χ0n) is 11.7. The third-order valence-corrected chi connectivity index (χ3v) is 4.88. The van der Waals surface area contributed by atoms with Crippen molar-refractivity contribution in [2.24, 2.45) is 0 Å². The quantitative estimate of drug-likeness (QED) is 0.753. The summed E-state index contributed by atoms with van der Waals surface area (Å²) >= 11 is 0. The van der Waals surface area contributed by atoms with Gasteiger partial charge in [0.05, 0.1) is 27.8 Å². The van der Waals surface area contributed by atoms with Gasteiger partial charge in [-0.25, -0.2) is 0 Å². The predicted molar refractivity (Wildman–Crippen MR) is 87.4 cm³/mol. The van der Waals surface area contributed by atoms with Crippen molar-refractivity contribution in [3.63, 3.8) is 0 Å². The van der Waals surface area contributed by atoms with Gasteiger partial charge in [-0.2, -0.15) is 0 Å². The van der Waals surface area contributed by atoms with Crippen LogP contribution in [0.25, 0.3) is 10.9 Å². The maximum atomic E-state index is 12.5. The van der Waals surface area contributed by atoms with Crippen molar-refractivity contribution >= 4 is 27.4 Å². The first-order valence-electron chi connectivity index (χ1n) is 6.72. The van der Waals surface area contributed by atoms with Gasteiger partial charge in [-0.15, -0.1) is 0 Å². The van der Waals surface area contributed by atoms with Crippen LogP contribution >= 0.6 is 0 Å².